The number of hydrogen-bond acceptors (Lipinski definition) is 3. The fraction of sp³-hybridized carbons (Fsp3) is 0.950. The normalized spacial score (nSPS) is 46.1. The minimum atomic E-state index is 0.223. The van der Waals surface area contributed by atoms with Gasteiger partial charge in [0.25, 0.3) is 0 Å². The molecule has 0 aromatic heterocycles. The Hall–Kier alpha value is 0.370. The Morgan fingerprint density at radius 1 is 0.913 bits per heavy atom. The van der Waals surface area contributed by atoms with Crippen LogP contribution in [0.3, 0.4) is 0 Å². The highest BCUT2D eigenvalue weighted by Crippen LogP contribution is 2.73. The molecule has 0 spiro atoms. The Bertz CT molecular complexity index is 432. The predicted molar refractivity (Wildman–Crippen MR) is 104 cm³/mol. The summed E-state index contributed by atoms with van der Waals surface area (Å²) >= 11 is 3.79. The molecular formula is C20H34OS2. The molecule has 1 nitrogen and oxygen atoms in total. The van der Waals surface area contributed by atoms with Crippen molar-refractivity contribution in [2.45, 2.75) is 84.3 Å². The van der Waals surface area contributed by atoms with Crippen molar-refractivity contribution in [2.75, 3.05) is 11.5 Å². The molecular weight excluding hydrogens is 320 g/mol. The van der Waals surface area contributed by atoms with Crippen molar-refractivity contribution in [1.29, 1.82) is 0 Å². The van der Waals surface area contributed by atoms with E-state index < -0.39 is 0 Å². The molecule has 4 aliphatic carbocycles. The van der Waals surface area contributed by atoms with Crippen molar-refractivity contribution < 1.29 is 4.79 Å². The van der Waals surface area contributed by atoms with Gasteiger partial charge in [0.1, 0.15) is 0 Å². The van der Waals surface area contributed by atoms with Crippen LogP contribution in [0.5, 0.6) is 0 Å². The quantitative estimate of drug-likeness (QED) is 0.531. The van der Waals surface area contributed by atoms with Gasteiger partial charge in [-0.15, -0.1) is 0 Å². The van der Waals surface area contributed by atoms with Gasteiger partial charge in [0.05, 0.1) is 0 Å². The summed E-state index contributed by atoms with van der Waals surface area (Å²) < 4.78 is 0.507. The van der Waals surface area contributed by atoms with Crippen molar-refractivity contribution in [1.82, 2.24) is 0 Å². The molecule has 132 valence electrons. The molecule has 4 aliphatic rings. The van der Waals surface area contributed by atoms with Gasteiger partial charge in [-0.25, -0.2) is 0 Å². The molecule has 4 fully saturated rings. The molecule has 0 aliphatic heterocycles. The van der Waals surface area contributed by atoms with Gasteiger partial charge >= 0.3 is 0 Å². The van der Waals surface area contributed by atoms with E-state index in [0.29, 0.717) is 26.1 Å². The Labute approximate surface area is 151 Å². The molecule has 0 aromatic rings. The van der Waals surface area contributed by atoms with E-state index in [-0.39, 0.29) is 5.92 Å². The molecule has 0 heterocycles. The van der Waals surface area contributed by atoms with Gasteiger partial charge in [-0.3, -0.25) is 4.79 Å². The summed E-state index contributed by atoms with van der Waals surface area (Å²) in [4.78, 5) is 12.0. The fourth-order valence-electron chi connectivity index (χ4n) is 7.04. The molecule has 4 saturated carbocycles. The number of rotatable bonds is 6. The fourth-order valence-corrected chi connectivity index (χ4v) is 10.1. The van der Waals surface area contributed by atoms with E-state index >= 15 is 0 Å². The van der Waals surface area contributed by atoms with E-state index in [0.717, 1.165) is 17.9 Å². The van der Waals surface area contributed by atoms with Gasteiger partial charge in [-0.05, 0) is 61.2 Å². The van der Waals surface area contributed by atoms with Crippen LogP contribution in [-0.4, -0.2) is 21.4 Å². The third kappa shape index (κ3) is 3.66. The van der Waals surface area contributed by atoms with Gasteiger partial charge in [-0.1, -0.05) is 46.4 Å². The van der Waals surface area contributed by atoms with Crippen molar-refractivity contribution in [3.63, 3.8) is 0 Å². The van der Waals surface area contributed by atoms with Crippen LogP contribution < -0.4 is 0 Å². The Morgan fingerprint density at radius 3 is 1.83 bits per heavy atom. The van der Waals surface area contributed by atoms with Crippen molar-refractivity contribution in [3.8, 4) is 0 Å². The standard InChI is InChI=1S/C20H34OS2/c1-6-15(2)16(21)22-7-8-23-20-12-17(3)9-18(4,13-20)11-19(5,10-17)14-20/h15H,6-14H2,1-5H3. The van der Waals surface area contributed by atoms with Crippen molar-refractivity contribution in [3.05, 3.63) is 0 Å². The molecule has 23 heavy (non-hydrogen) atoms. The lowest BCUT2D eigenvalue weighted by atomic mass is 9.40. The predicted octanol–water partition coefficient (Wildman–Crippen LogP) is 6.16. The largest absolute Gasteiger partial charge is 0.287 e. The molecule has 4 rings (SSSR count). The summed E-state index contributed by atoms with van der Waals surface area (Å²) in [6.45, 7) is 11.8. The lowest BCUT2D eigenvalue weighted by Gasteiger charge is -2.69. The number of hydrogen-bond donors (Lipinski definition) is 0. The van der Waals surface area contributed by atoms with Crippen molar-refractivity contribution >= 4 is 28.6 Å². The molecule has 0 radical (unpaired) electrons. The first-order chi connectivity index (χ1) is 10.6. The van der Waals surface area contributed by atoms with E-state index in [9.17, 15) is 4.79 Å². The molecule has 0 N–H and O–H groups in total. The average Bonchev–Trinajstić information content (AvgIpc) is 2.37. The third-order valence-corrected chi connectivity index (χ3v) is 9.37. The zero-order valence-electron chi connectivity index (χ0n) is 15.7. The summed E-state index contributed by atoms with van der Waals surface area (Å²) in [5.74, 6) is 2.37. The maximum absolute atomic E-state index is 12.0. The average molecular weight is 355 g/mol. The highest BCUT2D eigenvalue weighted by Gasteiger charge is 2.63. The van der Waals surface area contributed by atoms with E-state index in [1.54, 1.807) is 11.8 Å². The highest BCUT2D eigenvalue weighted by molar-refractivity contribution is 8.14. The lowest BCUT2D eigenvalue weighted by molar-refractivity contribution is -0.123. The Kier molecular flexibility index (Phi) is 4.72. The number of thioether (sulfide) groups is 2. The second-order valence-electron chi connectivity index (χ2n) is 10.0. The SMILES string of the molecule is CCC(C)C(=O)SCCSC12CC3(C)CC(C)(CC(C)(C3)C1)C2. The van der Waals surface area contributed by atoms with Crippen LogP contribution in [0, 0.1) is 22.2 Å². The van der Waals surface area contributed by atoms with E-state index in [4.69, 9.17) is 0 Å². The van der Waals surface area contributed by atoms with Crippen LogP contribution in [0.1, 0.15) is 79.6 Å². The Morgan fingerprint density at radius 2 is 1.39 bits per heavy atom. The van der Waals surface area contributed by atoms with Crippen molar-refractivity contribution in [2.24, 2.45) is 22.2 Å². The second-order valence-corrected chi connectivity index (χ2v) is 12.7. The summed E-state index contributed by atoms with van der Waals surface area (Å²) in [7, 11) is 0. The third-order valence-electron chi connectivity index (χ3n) is 6.56. The lowest BCUT2D eigenvalue weighted by Crippen LogP contribution is -2.60. The van der Waals surface area contributed by atoms with Gasteiger partial charge < -0.3 is 0 Å². The van der Waals surface area contributed by atoms with Crippen LogP contribution in [-0.2, 0) is 4.79 Å². The number of carbonyl (C=O) groups excluding carboxylic acids is 1. The molecule has 1 atom stereocenters. The van der Waals surface area contributed by atoms with E-state index in [1.165, 1.54) is 38.5 Å². The van der Waals surface area contributed by atoms with Crippen LogP contribution >= 0.6 is 23.5 Å². The molecule has 0 saturated heterocycles. The van der Waals surface area contributed by atoms with Crippen LogP contribution in [0.4, 0.5) is 0 Å². The zero-order valence-corrected chi connectivity index (χ0v) is 17.3. The van der Waals surface area contributed by atoms with Crippen LogP contribution in [0.25, 0.3) is 0 Å². The summed E-state index contributed by atoms with van der Waals surface area (Å²) in [6.07, 6.45) is 9.55. The maximum atomic E-state index is 12.0. The van der Waals surface area contributed by atoms with Gasteiger partial charge in [0, 0.05) is 22.2 Å². The summed E-state index contributed by atoms with van der Waals surface area (Å²) in [5, 5.41) is 0.393. The summed E-state index contributed by atoms with van der Waals surface area (Å²) in [5.41, 5.74) is 1.72. The first kappa shape index (κ1) is 18.2. The van der Waals surface area contributed by atoms with Crippen LogP contribution in [0.15, 0.2) is 0 Å². The molecule has 0 amide bonds. The highest BCUT2D eigenvalue weighted by atomic mass is 32.2. The van der Waals surface area contributed by atoms with E-state index in [2.05, 4.69) is 46.4 Å². The van der Waals surface area contributed by atoms with Gasteiger partial charge in [0.15, 0.2) is 5.12 Å². The smallest absolute Gasteiger partial charge is 0.191 e. The number of carbonyl (C=O) groups is 1. The monoisotopic (exact) mass is 354 g/mol. The second kappa shape index (κ2) is 5.97. The first-order valence-corrected chi connectivity index (χ1v) is 11.4. The molecule has 0 aromatic carbocycles. The first-order valence-electron chi connectivity index (χ1n) is 9.41. The topological polar surface area (TPSA) is 17.1 Å². The minimum Gasteiger partial charge on any atom is -0.287 e. The molecule has 4 bridgehead atoms. The Balaban J connectivity index is 1.59. The minimum absolute atomic E-state index is 0.223. The van der Waals surface area contributed by atoms with E-state index in [1.807, 2.05) is 0 Å². The molecule has 3 heteroatoms. The maximum Gasteiger partial charge on any atom is 0.191 e. The van der Waals surface area contributed by atoms with Crippen LogP contribution in [0.2, 0.25) is 0 Å². The summed E-state index contributed by atoms with van der Waals surface area (Å²) in [6, 6.07) is 0. The molecule has 1 unspecified atom stereocenters. The van der Waals surface area contributed by atoms with Gasteiger partial charge in [-0.2, -0.15) is 11.8 Å². The zero-order chi connectivity index (χ0) is 16.9. The van der Waals surface area contributed by atoms with Gasteiger partial charge in [0.2, 0.25) is 0 Å².